The molecule has 0 amide bonds. The van der Waals surface area contributed by atoms with Gasteiger partial charge in [-0.2, -0.15) is 0 Å². The Balaban J connectivity index is 1.12. The monoisotopic (exact) mass is 834 g/mol. The molecule has 7 aliphatic rings. The van der Waals surface area contributed by atoms with E-state index < -0.39 is 0 Å². The fraction of sp³-hybridized carbons (Fsp3) is 0.306. The zero-order chi connectivity index (χ0) is 43.6. The molecular formula is C62H62N2. The van der Waals surface area contributed by atoms with Crippen molar-refractivity contribution >= 4 is 28.2 Å². The lowest BCUT2D eigenvalue weighted by Gasteiger charge is -2.57. The number of anilines is 1. The molecule has 1 heterocycles. The molecule has 64 heavy (non-hydrogen) atoms. The number of hydrogen-bond donors (Lipinski definition) is 0. The van der Waals surface area contributed by atoms with E-state index in [1.54, 1.807) is 16.7 Å². The lowest BCUT2D eigenvalue weighted by Crippen LogP contribution is -2.46. The summed E-state index contributed by atoms with van der Waals surface area (Å²) in [6.45, 7) is 12.6. The number of para-hydroxylation sites is 1. The van der Waals surface area contributed by atoms with Gasteiger partial charge in [0, 0.05) is 28.0 Å². The maximum atomic E-state index is 5.34. The van der Waals surface area contributed by atoms with Crippen molar-refractivity contribution in [3.8, 4) is 0 Å². The van der Waals surface area contributed by atoms with Crippen LogP contribution in [0.3, 0.4) is 0 Å². The predicted octanol–water partition coefficient (Wildman–Crippen LogP) is 15.5. The summed E-state index contributed by atoms with van der Waals surface area (Å²) in [5.41, 5.74) is 18.1. The average molecular weight is 835 g/mol. The van der Waals surface area contributed by atoms with Gasteiger partial charge < -0.3 is 4.90 Å². The van der Waals surface area contributed by atoms with Gasteiger partial charge in [0.2, 0.25) is 0 Å². The Labute approximate surface area is 382 Å². The first-order chi connectivity index (χ1) is 31.2. The smallest absolute Gasteiger partial charge is 0.136 e. The SMILES string of the molecule is CC1C=C(C2=C3C=C(c4ccc(C5=NC6C=CC=CC6N5c5ccccc5)cc4)C(C)CC3=C(c3ccccc3C3C=CCCC3C)C3(C)CC=CCC23C)C(c2ccccc2)=CC1. The minimum absolute atomic E-state index is 0.104. The number of benzene rings is 4. The van der Waals surface area contributed by atoms with Crippen molar-refractivity contribution in [1.82, 2.24) is 0 Å². The van der Waals surface area contributed by atoms with Gasteiger partial charge in [0.15, 0.2) is 0 Å². The summed E-state index contributed by atoms with van der Waals surface area (Å²) in [5, 5.41) is 0. The van der Waals surface area contributed by atoms with Gasteiger partial charge in [0.1, 0.15) is 5.84 Å². The second-order valence-electron chi connectivity index (χ2n) is 20.3. The largest absolute Gasteiger partial charge is 0.317 e. The maximum Gasteiger partial charge on any atom is 0.136 e. The van der Waals surface area contributed by atoms with Gasteiger partial charge in [-0.05, 0) is 130 Å². The summed E-state index contributed by atoms with van der Waals surface area (Å²) in [4.78, 5) is 7.76. The van der Waals surface area contributed by atoms with E-state index >= 15 is 0 Å². The van der Waals surface area contributed by atoms with Crippen molar-refractivity contribution in [2.24, 2.45) is 33.6 Å². The molecule has 0 spiro atoms. The van der Waals surface area contributed by atoms with E-state index in [9.17, 15) is 0 Å². The van der Waals surface area contributed by atoms with Crippen molar-refractivity contribution < 1.29 is 0 Å². The maximum absolute atomic E-state index is 5.34. The van der Waals surface area contributed by atoms with Crippen molar-refractivity contribution in [2.45, 2.75) is 91.1 Å². The number of nitrogens with zero attached hydrogens (tertiary/aromatic N) is 2. The molecule has 0 saturated heterocycles. The standard InChI is InChI=1S/C62H62N2/c1-41-30-35-49(44-21-8-6-9-22-44)53(38-41)59-55-40-52(45-31-33-46(34-32-45)60-63-56-28-16-17-29-57(56)64(60)47-23-10-7-11-24-47)43(3)39-54(55)58(61(4)36-18-19-37-62(59,61)5)51-27-15-14-26-50(51)48-25-13-12-20-42(48)2/h6-11,13-19,21-29,31-35,38,40-43,48,56-57H,12,20,30,36-37,39H2,1-5H3. The highest BCUT2D eigenvalue weighted by atomic mass is 15.3. The first-order valence-corrected chi connectivity index (χ1v) is 24.2. The van der Waals surface area contributed by atoms with Crippen LogP contribution in [0.15, 0.2) is 203 Å². The highest BCUT2D eigenvalue weighted by Crippen LogP contribution is 2.68. The molecule has 0 radical (unpaired) electrons. The molecule has 0 aromatic heterocycles. The Morgan fingerprint density at radius 1 is 0.656 bits per heavy atom. The summed E-state index contributed by atoms with van der Waals surface area (Å²) >= 11 is 0. The molecule has 1 aliphatic heterocycles. The number of hydrogen-bond acceptors (Lipinski definition) is 2. The zero-order valence-electron chi connectivity index (χ0n) is 38.3. The van der Waals surface area contributed by atoms with Crippen LogP contribution in [0.1, 0.15) is 107 Å². The minimum atomic E-state index is -0.152. The molecule has 8 atom stereocenters. The third-order valence-electron chi connectivity index (χ3n) is 16.3. The quantitative estimate of drug-likeness (QED) is 0.169. The first kappa shape index (κ1) is 40.8. The molecule has 4 aromatic carbocycles. The third-order valence-corrected chi connectivity index (χ3v) is 16.3. The van der Waals surface area contributed by atoms with Crippen molar-refractivity contribution in [3.63, 3.8) is 0 Å². The number of amidine groups is 1. The van der Waals surface area contributed by atoms with Gasteiger partial charge >= 0.3 is 0 Å². The van der Waals surface area contributed by atoms with Crippen molar-refractivity contribution in [1.29, 1.82) is 0 Å². The van der Waals surface area contributed by atoms with E-state index in [0.717, 1.165) is 37.1 Å². The second kappa shape index (κ2) is 16.2. The van der Waals surface area contributed by atoms with E-state index in [1.165, 1.54) is 63.1 Å². The predicted molar refractivity (Wildman–Crippen MR) is 271 cm³/mol. The number of allylic oxidation sites excluding steroid dienone is 16. The average Bonchev–Trinajstić information content (AvgIpc) is 3.72. The van der Waals surface area contributed by atoms with Gasteiger partial charge in [-0.25, -0.2) is 0 Å². The van der Waals surface area contributed by atoms with Gasteiger partial charge in [-0.3, -0.25) is 4.99 Å². The van der Waals surface area contributed by atoms with Crippen LogP contribution >= 0.6 is 0 Å². The van der Waals surface area contributed by atoms with E-state index in [2.05, 4.69) is 216 Å². The number of fused-ring (bicyclic) bond motifs is 3. The van der Waals surface area contributed by atoms with Crippen LogP contribution in [0.2, 0.25) is 0 Å². The molecule has 0 bridgehead atoms. The summed E-state index contributed by atoms with van der Waals surface area (Å²) < 4.78 is 0. The van der Waals surface area contributed by atoms with E-state index in [4.69, 9.17) is 4.99 Å². The lowest BCUT2D eigenvalue weighted by atomic mass is 9.46. The van der Waals surface area contributed by atoms with Gasteiger partial charge in [-0.15, -0.1) is 0 Å². The Kier molecular flexibility index (Phi) is 10.3. The van der Waals surface area contributed by atoms with E-state index in [0.29, 0.717) is 23.7 Å². The zero-order valence-corrected chi connectivity index (χ0v) is 38.3. The normalized spacial score (nSPS) is 30.6. The van der Waals surface area contributed by atoms with Gasteiger partial charge in [0.05, 0.1) is 12.1 Å². The van der Waals surface area contributed by atoms with Crippen LogP contribution in [0.4, 0.5) is 5.69 Å². The molecule has 4 aromatic rings. The number of aliphatic imine (C=N–C) groups is 1. The molecule has 320 valence electrons. The summed E-state index contributed by atoms with van der Waals surface area (Å²) in [6.07, 6.45) is 33.2. The topological polar surface area (TPSA) is 15.6 Å². The van der Waals surface area contributed by atoms with Crippen molar-refractivity contribution in [3.05, 3.63) is 226 Å². The molecule has 6 aliphatic carbocycles. The van der Waals surface area contributed by atoms with Crippen LogP contribution < -0.4 is 4.90 Å². The van der Waals surface area contributed by atoms with Crippen LogP contribution in [0, 0.1) is 28.6 Å². The molecule has 0 N–H and O–H groups in total. The molecular weight excluding hydrogens is 773 g/mol. The van der Waals surface area contributed by atoms with Crippen LogP contribution in [0.25, 0.3) is 16.7 Å². The lowest BCUT2D eigenvalue weighted by molar-refractivity contribution is 0.169. The molecule has 2 nitrogen and oxygen atoms in total. The van der Waals surface area contributed by atoms with Crippen LogP contribution in [-0.4, -0.2) is 17.9 Å². The Bertz CT molecular complexity index is 2800. The fourth-order valence-electron chi connectivity index (χ4n) is 12.7. The summed E-state index contributed by atoms with van der Waals surface area (Å²) in [7, 11) is 0. The summed E-state index contributed by atoms with van der Waals surface area (Å²) in [5.74, 6) is 2.86. The summed E-state index contributed by atoms with van der Waals surface area (Å²) in [6, 6.07) is 41.3. The third kappa shape index (κ3) is 6.62. The van der Waals surface area contributed by atoms with Gasteiger partial charge in [-0.1, -0.05) is 199 Å². The molecule has 0 fully saturated rings. The molecule has 11 rings (SSSR count). The fourth-order valence-corrected chi connectivity index (χ4v) is 12.7. The van der Waals surface area contributed by atoms with Crippen molar-refractivity contribution in [2.75, 3.05) is 4.90 Å². The minimum Gasteiger partial charge on any atom is -0.317 e. The Morgan fingerprint density at radius 2 is 1.34 bits per heavy atom. The van der Waals surface area contributed by atoms with Crippen LogP contribution in [0.5, 0.6) is 0 Å². The Hall–Kier alpha value is -5.99. The molecule has 0 saturated carbocycles. The van der Waals surface area contributed by atoms with Crippen LogP contribution in [-0.2, 0) is 0 Å². The van der Waals surface area contributed by atoms with Gasteiger partial charge in [0.25, 0.3) is 0 Å². The number of rotatable bonds is 7. The Morgan fingerprint density at radius 3 is 2.11 bits per heavy atom. The van der Waals surface area contributed by atoms with E-state index in [1.807, 2.05) is 0 Å². The highest BCUT2D eigenvalue weighted by Gasteiger charge is 2.56. The second-order valence-corrected chi connectivity index (χ2v) is 20.3. The van der Waals surface area contributed by atoms with E-state index in [-0.39, 0.29) is 22.9 Å². The molecule has 2 heteroatoms. The molecule has 8 unspecified atom stereocenters. The highest BCUT2D eigenvalue weighted by molar-refractivity contribution is 6.12. The first-order valence-electron chi connectivity index (χ1n) is 24.2.